The summed E-state index contributed by atoms with van der Waals surface area (Å²) >= 11 is 4.78. The van der Waals surface area contributed by atoms with Gasteiger partial charge >= 0.3 is 0 Å². The van der Waals surface area contributed by atoms with Gasteiger partial charge in [0.2, 0.25) is 0 Å². The summed E-state index contributed by atoms with van der Waals surface area (Å²) in [5.41, 5.74) is 0. The van der Waals surface area contributed by atoms with Crippen molar-refractivity contribution in [1.82, 2.24) is 4.90 Å². The van der Waals surface area contributed by atoms with Crippen LogP contribution in [0.1, 0.15) is 0 Å². The van der Waals surface area contributed by atoms with Crippen LogP contribution in [0.2, 0.25) is 0 Å². The molecular formula is C7H11NO5S. The summed E-state index contributed by atoms with van der Waals surface area (Å²) in [5.74, 6) is 0. The molecule has 0 unspecified atom stereocenters. The lowest BCUT2D eigenvalue weighted by Gasteiger charge is -2.42. The fourth-order valence-electron chi connectivity index (χ4n) is 1.78. The molecule has 0 saturated carbocycles. The van der Waals surface area contributed by atoms with Crippen LogP contribution >= 0.6 is 12.2 Å². The van der Waals surface area contributed by atoms with E-state index in [0.29, 0.717) is 0 Å². The van der Waals surface area contributed by atoms with Gasteiger partial charge in [0.25, 0.3) is 5.17 Å². The van der Waals surface area contributed by atoms with E-state index in [4.69, 9.17) is 17.0 Å². The summed E-state index contributed by atoms with van der Waals surface area (Å²) in [6.45, 7) is 0.112. The molecule has 0 aromatic carbocycles. The molecule has 2 heterocycles. The highest BCUT2D eigenvalue weighted by Crippen LogP contribution is 2.28. The summed E-state index contributed by atoms with van der Waals surface area (Å²) in [6, 6.07) is -0.587. The molecule has 0 bridgehead atoms. The van der Waals surface area contributed by atoms with Gasteiger partial charge in [-0.15, -0.1) is 0 Å². The van der Waals surface area contributed by atoms with Crippen molar-refractivity contribution >= 4 is 17.4 Å². The zero-order valence-corrected chi connectivity index (χ0v) is 7.96. The number of ether oxygens (including phenoxy) is 1. The SMILES string of the molecule is O[C@@H]1[C@@H](O)[C@@H](O)N2C(=S)OC[C@@H]2[C@@H]1O. The number of rotatable bonds is 0. The molecule has 0 aliphatic carbocycles. The van der Waals surface area contributed by atoms with Gasteiger partial charge in [0.05, 0.1) is 6.04 Å². The van der Waals surface area contributed by atoms with Gasteiger partial charge in [0.1, 0.15) is 24.9 Å². The minimum Gasteiger partial charge on any atom is -0.469 e. The second kappa shape index (κ2) is 3.28. The summed E-state index contributed by atoms with van der Waals surface area (Å²) < 4.78 is 4.95. The Morgan fingerprint density at radius 1 is 1.14 bits per heavy atom. The van der Waals surface area contributed by atoms with Crippen molar-refractivity contribution in [2.24, 2.45) is 0 Å². The molecule has 2 rings (SSSR count). The zero-order valence-electron chi connectivity index (χ0n) is 7.15. The van der Waals surface area contributed by atoms with Gasteiger partial charge in [-0.05, 0) is 12.2 Å². The maximum Gasteiger partial charge on any atom is 0.261 e. The highest BCUT2D eigenvalue weighted by atomic mass is 32.1. The van der Waals surface area contributed by atoms with E-state index in [2.05, 4.69) is 0 Å². The Morgan fingerprint density at radius 2 is 1.79 bits per heavy atom. The van der Waals surface area contributed by atoms with Gasteiger partial charge in [0.15, 0.2) is 6.23 Å². The molecule has 4 N–H and O–H groups in total. The summed E-state index contributed by atoms with van der Waals surface area (Å²) in [4.78, 5) is 1.21. The van der Waals surface area contributed by atoms with Gasteiger partial charge in [-0.25, -0.2) is 0 Å². The zero-order chi connectivity index (χ0) is 10.5. The number of aliphatic hydroxyl groups excluding tert-OH is 4. The Bertz CT molecular complexity index is 262. The number of nitrogens with zero attached hydrogens (tertiary/aromatic N) is 1. The lowest BCUT2D eigenvalue weighted by Crippen LogP contribution is -2.65. The van der Waals surface area contributed by atoms with Crippen molar-refractivity contribution in [3.05, 3.63) is 0 Å². The van der Waals surface area contributed by atoms with E-state index in [-0.39, 0.29) is 11.8 Å². The van der Waals surface area contributed by atoms with Crippen molar-refractivity contribution in [3.8, 4) is 0 Å². The molecule has 2 fully saturated rings. The first-order valence-electron chi connectivity index (χ1n) is 4.21. The average Bonchev–Trinajstić information content (AvgIpc) is 2.54. The lowest BCUT2D eigenvalue weighted by molar-refractivity contribution is -0.190. The number of hydrogen-bond acceptors (Lipinski definition) is 6. The van der Waals surface area contributed by atoms with Gasteiger partial charge in [-0.1, -0.05) is 0 Å². The monoisotopic (exact) mass is 221 g/mol. The minimum absolute atomic E-state index is 0.0347. The second-order valence-corrected chi connectivity index (χ2v) is 3.79. The fraction of sp³-hybridized carbons (Fsp3) is 0.857. The average molecular weight is 221 g/mol. The molecule has 80 valence electrons. The van der Waals surface area contributed by atoms with Gasteiger partial charge in [-0.3, -0.25) is 4.90 Å². The highest BCUT2D eigenvalue weighted by Gasteiger charge is 2.51. The first-order valence-corrected chi connectivity index (χ1v) is 4.62. The molecule has 2 aliphatic rings. The molecule has 7 heteroatoms. The Balaban J connectivity index is 2.27. The number of piperidine rings is 1. The highest BCUT2D eigenvalue weighted by molar-refractivity contribution is 7.80. The van der Waals surface area contributed by atoms with Crippen molar-refractivity contribution in [2.45, 2.75) is 30.6 Å². The van der Waals surface area contributed by atoms with Gasteiger partial charge in [-0.2, -0.15) is 0 Å². The smallest absolute Gasteiger partial charge is 0.261 e. The molecule has 6 nitrogen and oxygen atoms in total. The maximum atomic E-state index is 9.55. The molecule has 14 heavy (non-hydrogen) atoms. The van der Waals surface area contributed by atoms with Gasteiger partial charge < -0.3 is 25.2 Å². The molecule has 0 spiro atoms. The predicted octanol–water partition coefficient (Wildman–Crippen LogP) is -2.61. The Kier molecular flexibility index (Phi) is 2.36. The Hall–Kier alpha value is -0.470. The van der Waals surface area contributed by atoms with Crippen LogP contribution in [0.3, 0.4) is 0 Å². The van der Waals surface area contributed by atoms with Gasteiger partial charge in [0, 0.05) is 0 Å². The third-order valence-electron chi connectivity index (χ3n) is 2.63. The quantitative estimate of drug-likeness (QED) is 0.333. The molecule has 0 amide bonds. The molecule has 2 saturated heterocycles. The third-order valence-corrected chi connectivity index (χ3v) is 2.96. The van der Waals surface area contributed by atoms with Crippen LogP contribution in [0.4, 0.5) is 0 Å². The van der Waals surface area contributed by atoms with E-state index in [0.717, 1.165) is 0 Å². The molecule has 0 radical (unpaired) electrons. The minimum atomic E-state index is -1.44. The van der Waals surface area contributed by atoms with E-state index in [1.807, 2.05) is 0 Å². The van der Waals surface area contributed by atoms with Crippen LogP contribution in [0.5, 0.6) is 0 Å². The van der Waals surface area contributed by atoms with Crippen molar-refractivity contribution < 1.29 is 25.2 Å². The van der Waals surface area contributed by atoms with Crippen LogP contribution in [-0.2, 0) is 4.74 Å². The van der Waals surface area contributed by atoms with Crippen molar-refractivity contribution in [3.63, 3.8) is 0 Å². The standard InChI is InChI=1S/C7H11NO5S/c9-3-2-1-13-7(14)8(2)6(12)5(11)4(3)10/h2-6,9-12H,1H2/t2-,3+,4+,5-,6-/m1/s1. The first-order chi connectivity index (χ1) is 6.54. The summed E-state index contributed by atoms with van der Waals surface area (Å²) in [5, 5.41) is 37.9. The Morgan fingerprint density at radius 3 is 2.43 bits per heavy atom. The van der Waals surface area contributed by atoms with Crippen LogP contribution in [0, 0.1) is 0 Å². The van der Waals surface area contributed by atoms with E-state index >= 15 is 0 Å². The second-order valence-electron chi connectivity index (χ2n) is 3.44. The topological polar surface area (TPSA) is 93.4 Å². The van der Waals surface area contributed by atoms with E-state index < -0.39 is 30.6 Å². The van der Waals surface area contributed by atoms with E-state index in [9.17, 15) is 20.4 Å². The molecule has 5 atom stereocenters. The predicted molar refractivity (Wildman–Crippen MR) is 48.2 cm³/mol. The number of hydrogen-bond donors (Lipinski definition) is 4. The van der Waals surface area contributed by atoms with Crippen LogP contribution < -0.4 is 0 Å². The van der Waals surface area contributed by atoms with Crippen molar-refractivity contribution in [1.29, 1.82) is 0 Å². The van der Waals surface area contributed by atoms with Crippen LogP contribution in [0.15, 0.2) is 0 Å². The number of aliphatic hydroxyl groups is 4. The molecule has 0 aromatic heterocycles. The largest absolute Gasteiger partial charge is 0.469 e. The summed E-state index contributed by atoms with van der Waals surface area (Å²) in [6.07, 6.45) is -5.32. The molecule has 2 aliphatic heterocycles. The fourth-order valence-corrected chi connectivity index (χ4v) is 2.10. The van der Waals surface area contributed by atoms with Crippen molar-refractivity contribution in [2.75, 3.05) is 6.61 Å². The van der Waals surface area contributed by atoms with Crippen LogP contribution in [-0.4, -0.2) is 67.7 Å². The lowest BCUT2D eigenvalue weighted by atomic mass is 9.94. The Labute approximate surface area is 85.3 Å². The molecule has 0 aromatic rings. The number of thiocarbonyl (C=S) groups is 1. The normalized spacial score (nSPS) is 47.6. The summed E-state index contributed by atoms with van der Waals surface area (Å²) in [7, 11) is 0. The number of fused-ring (bicyclic) bond motifs is 1. The van der Waals surface area contributed by atoms with E-state index in [1.165, 1.54) is 4.90 Å². The van der Waals surface area contributed by atoms with E-state index in [1.54, 1.807) is 0 Å². The third kappa shape index (κ3) is 1.21. The maximum absolute atomic E-state index is 9.55. The first kappa shape index (κ1) is 10.1. The molecular weight excluding hydrogens is 210 g/mol. The van der Waals surface area contributed by atoms with Crippen LogP contribution in [0.25, 0.3) is 0 Å².